The molecule has 1 aromatic heterocycles. The molecule has 1 unspecified atom stereocenters. The lowest BCUT2D eigenvalue weighted by molar-refractivity contribution is -0.126. The summed E-state index contributed by atoms with van der Waals surface area (Å²) in [5, 5.41) is 15.2. The molecule has 3 N–H and O–H groups in total. The number of hydrogen-bond acceptors (Lipinski definition) is 5. The summed E-state index contributed by atoms with van der Waals surface area (Å²) in [6.07, 6.45) is 0.748. The van der Waals surface area contributed by atoms with Crippen LogP contribution in [0.4, 0.5) is 0 Å². The molecule has 0 saturated heterocycles. The van der Waals surface area contributed by atoms with Crippen LogP contribution in [0.1, 0.15) is 32.7 Å². The van der Waals surface area contributed by atoms with Gasteiger partial charge in [0.05, 0.1) is 0 Å². The number of amides is 2. The molecule has 1 atom stereocenters. The first kappa shape index (κ1) is 17.6. The van der Waals surface area contributed by atoms with E-state index in [2.05, 4.69) is 20.7 Å². The summed E-state index contributed by atoms with van der Waals surface area (Å²) in [7, 11) is 0. The lowest BCUT2D eigenvalue weighted by Crippen LogP contribution is -2.37. The minimum atomic E-state index is -0.566. The van der Waals surface area contributed by atoms with Crippen LogP contribution >= 0.6 is 0 Å². The van der Waals surface area contributed by atoms with Gasteiger partial charge in [-0.05, 0) is 17.6 Å². The van der Waals surface area contributed by atoms with Crippen LogP contribution in [0.15, 0.2) is 30.3 Å². The Morgan fingerprint density at radius 1 is 1.25 bits per heavy atom. The quantitative estimate of drug-likeness (QED) is 0.698. The molecule has 0 radical (unpaired) electrons. The van der Waals surface area contributed by atoms with Crippen LogP contribution < -0.4 is 11.1 Å². The first-order valence-corrected chi connectivity index (χ1v) is 7.90. The molecule has 1 heterocycles. The third-order valence-corrected chi connectivity index (χ3v) is 3.51. The van der Waals surface area contributed by atoms with Crippen molar-refractivity contribution in [1.29, 1.82) is 0 Å². The van der Waals surface area contributed by atoms with E-state index in [9.17, 15) is 9.59 Å². The molecule has 128 valence electrons. The Kier molecular flexibility index (Phi) is 6.00. The molecule has 0 aliphatic rings. The highest BCUT2D eigenvalue weighted by molar-refractivity contribution is 5.80. The van der Waals surface area contributed by atoms with Crippen LogP contribution in [0.5, 0.6) is 0 Å². The van der Waals surface area contributed by atoms with E-state index >= 15 is 0 Å². The maximum absolute atomic E-state index is 12.4. The number of carbonyl (C=O) groups is 2. The zero-order chi connectivity index (χ0) is 17.5. The maximum atomic E-state index is 12.4. The number of nitrogens with zero attached hydrogens (tertiary/aromatic N) is 4. The number of rotatable bonds is 8. The largest absolute Gasteiger partial charge is 0.370 e. The van der Waals surface area contributed by atoms with Crippen molar-refractivity contribution in [3.63, 3.8) is 0 Å². The molecule has 0 spiro atoms. The van der Waals surface area contributed by atoms with Crippen molar-refractivity contribution in [1.82, 2.24) is 25.5 Å². The first-order chi connectivity index (χ1) is 11.5. The summed E-state index contributed by atoms with van der Waals surface area (Å²) >= 11 is 0. The molecular formula is C16H22N6O2. The lowest BCUT2D eigenvalue weighted by Gasteiger charge is -2.18. The highest BCUT2D eigenvalue weighted by atomic mass is 16.2. The number of carbonyl (C=O) groups excluding carboxylic acids is 2. The normalized spacial score (nSPS) is 12.1. The van der Waals surface area contributed by atoms with E-state index in [1.165, 1.54) is 4.80 Å². The van der Waals surface area contributed by atoms with Crippen molar-refractivity contribution in [3.8, 4) is 11.4 Å². The third-order valence-electron chi connectivity index (χ3n) is 3.51. The monoisotopic (exact) mass is 330 g/mol. The summed E-state index contributed by atoms with van der Waals surface area (Å²) in [6.45, 7) is 4.21. The van der Waals surface area contributed by atoms with Gasteiger partial charge in [-0.25, -0.2) is 0 Å². The van der Waals surface area contributed by atoms with Crippen molar-refractivity contribution in [2.45, 2.75) is 32.7 Å². The Balaban J connectivity index is 2.06. The molecule has 24 heavy (non-hydrogen) atoms. The van der Waals surface area contributed by atoms with Crippen molar-refractivity contribution in [2.75, 3.05) is 6.54 Å². The van der Waals surface area contributed by atoms with Gasteiger partial charge in [-0.15, -0.1) is 10.2 Å². The van der Waals surface area contributed by atoms with E-state index in [4.69, 9.17) is 5.73 Å². The topological polar surface area (TPSA) is 116 Å². The van der Waals surface area contributed by atoms with Gasteiger partial charge in [-0.2, -0.15) is 4.80 Å². The standard InChI is InChI=1S/C16H22N6O2/c1-11(2)14(16(24)18-10-6-9-13(17)23)22-20-15(19-21-22)12-7-4-3-5-8-12/h3-5,7-8,11,14H,6,9-10H2,1-2H3,(H2,17,23)(H,18,24). The summed E-state index contributed by atoms with van der Waals surface area (Å²) in [6, 6.07) is 8.89. The second-order valence-corrected chi connectivity index (χ2v) is 5.85. The molecule has 0 saturated carbocycles. The van der Waals surface area contributed by atoms with Gasteiger partial charge in [-0.1, -0.05) is 44.2 Å². The van der Waals surface area contributed by atoms with E-state index in [0.29, 0.717) is 18.8 Å². The Morgan fingerprint density at radius 2 is 1.96 bits per heavy atom. The average Bonchev–Trinajstić information content (AvgIpc) is 3.01. The van der Waals surface area contributed by atoms with Crippen LogP contribution in [-0.2, 0) is 9.59 Å². The van der Waals surface area contributed by atoms with Crippen LogP contribution in [0.2, 0.25) is 0 Å². The SMILES string of the molecule is CC(C)C(C(=O)NCCCC(N)=O)n1nnc(-c2ccccc2)n1. The number of primary amides is 1. The van der Waals surface area contributed by atoms with Gasteiger partial charge in [0, 0.05) is 18.5 Å². The van der Waals surface area contributed by atoms with E-state index in [0.717, 1.165) is 5.56 Å². The zero-order valence-corrected chi connectivity index (χ0v) is 13.8. The summed E-state index contributed by atoms with van der Waals surface area (Å²) in [5.74, 6) is -0.122. The number of hydrogen-bond donors (Lipinski definition) is 2. The molecule has 0 bridgehead atoms. The average molecular weight is 330 g/mol. The lowest BCUT2D eigenvalue weighted by atomic mass is 10.0. The fraction of sp³-hybridized carbons (Fsp3) is 0.438. The first-order valence-electron chi connectivity index (χ1n) is 7.90. The van der Waals surface area contributed by atoms with Crippen molar-refractivity contribution >= 4 is 11.8 Å². The number of tetrazole rings is 1. The Hall–Kier alpha value is -2.77. The number of benzene rings is 1. The molecule has 2 rings (SSSR count). The van der Waals surface area contributed by atoms with Crippen molar-refractivity contribution < 1.29 is 9.59 Å². The van der Waals surface area contributed by atoms with Crippen LogP contribution in [-0.4, -0.2) is 38.6 Å². The smallest absolute Gasteiger partial charge is 0.247 e. The van der Waals surface area contributed by atoms with E-state index in [1.54, 1.807) is 0 Å². The highest BCUT2D eigenvalue weighted by Gasteiger charge is 2.26. The Labute approximate surface area is 140 Å². The van der Waals surface area contributed by atoms with E-state index in [-0.39, 0.29) is 24.2 Å². The second-order valence-electron chi connectivity index (χ2n) is 5.85. The Morgan fingerprint density at radius 3 is 2.58 bits per heavy atom. The predicted molar refractivity (Wildman–Crippen MR) is 88.6 cm³/mol. The molecule has 0 aliphatic heterocycles. The van der Waals surface area contributed by atoms with Crippen LogP contribution in [0.3, 0.4) is 0 Å². The summed E-state index contributed by atoms with van der Waals surface area (Å²) in [5.41, 5.74) is 5.92. The van der Waals surface area contributed by atoms with Gasteiger partial charge in [0.15, 0.2) is 6.04 Å². The molecule has 0 aliphatic carbocycles. The molecule has 2 amide bonds. The predicted octanol–water partition coefficient (Wildman–Crippen LogP) is 0.919. The van der Waals surface area contributed by atoms with Gasteiger partial charge in [0.2, 0.25) is 17.6 Å². The van der Waals surface area contributed by atoms with Crippen molar-refractivity contribution in [2.24, 2.45) is 11.7 Å². The summed E-state index contributed by atoms with van der Waals surface area (Å²) < 4.78 is 0. The number of nitrogens with two attached hydrogens (primary N) is 1. The minimum Gasteiger partial charge on any atom is -0.370 e. The molecule has 8 nitrogen and oxygen atoms in total. The minimum absolute atomic E-state index is 0.0148. The van der Waals surface area contributed by atoms with Gasteiger partial charge in [-0.3, -0.25) is 9.59 Å². The van der Waals surface area contributed by atoms with E-state index in [1.807, 2.05) is 44.2 Å². The van der Waals surface area contributed by atoms with Gasteiger partial charge < -0.3 is 11.1 Å². The molecule has 8 heteroatoms. The third kappa shape index (κ3) is 4.61. The van der Waals surface area contributed by atoms with Gasteiger partial charge in [0.25, 0.3) is 0 Å². The zero-order valence-electron chi connectivity index (χ0n) is 13.8. The Bertz CT molecular complexity index is 683. The summed E-state index contributed by atoms with van der Waals surface area (Å²) in [4.78, 5) is 24.5. The van der Waals surface area contributed by atoms with Crippen LogP contribution in [0.25, 0.3) is 11.4 Å². The van der Waals surface area contributed by atoms with Gasteiger partial charge in [0.1, 0.15) is 0 Å². The van der Waals surface area contributed by atoms with E-state index < -0.39 is 6.04 Å². The second kappa shape index (κ2) is 8.19. The number of aromatic nitrogens is 4. The molecule has 0 fully saturated rings. The highest BCUT2D eigenvalue weighted by Crippen LogP contribution is 2.18. The fourth-order valence-corrected chi connectivity index (χ4v) is 2.30. The van der Waals surface area contributed by atoms with Crippen molar-refractivity contribution in [3.05, 3.63) is 30.3 Å². The molecule has 1 aromatic carbocycles. The fourth-order valence-electron chi connectivity index (χ4n) is 2.30. The molecule has 2 aromatic rings. The van der Waals surface area contributed by atoms with Crippen LogP contribution in [0, 0.1) is 5.92 Å². The molecular weight excluding hydrogens is 308 g/mol. The van der Waals surface area contributed by atoms with Gasteiger partial charge >= 0.3 is 0 Å². The number of nitrogens with one attached hydrogen (secondary N) is 1. The maximum Gasteiger partial charge on any atom is 0.247 e.